The van der Waals surface area contributed by atoms with Gasteiger partial charge in [-0.2, -0.15) is 0 Å². The van der Waals surface area contributed by atoms with Crippen molar-refractivity contribution in [2.75, 3.05) is 5.75 Å². The molecule has 0 aliphatic carbocycles. The minimum Gasteiger partial charge on any atom is -0.461 e. The van der Waals surface area contributed by atoms with Gasteiger partial charge in [0.25, 0.3) is 0 Å². The second kappa shape index (κ2) is 8.17. The van der Waals surface area contributed by atoms with Gasteiger partial charge in [0.15, 0.2) is 0 Å². The van der Waals surface area contributed by atoms with Gasteiger partial charge in [-0.25, -0.2) is 8.42 Å². The maximum atomic E-state index is 11.4. The van der Waals surface area contributed by atoms with Crippen LogP contribution in [0.1, 0.15) is 31.2 Å². The molecule has 0 aliphatic heterocycles. The predicted octanol–water partition coefficient (Wildman–Crippen LogP) is 2.86. The fraction of sp³-hybridized carbons (Fsp3) is 0.462. The molecule has 0 aromatic heterocycles. The molecule has 4 nitrogen and oxygen atoms in total. The largest absolute Gasteiger partial charge is 0.461 e. The summed E-state index contributed by atoms with van der Waals surface area (Å²) in [5.74, 6) is -0.314. The Morgan fingerprint density at radius 3 is 2.42 bits per heavy atom. The van der Waals surface area contributed by atoms with E-state index in [9.17, 15) is 13.2 Å². The molecule has 0 N–H and O–H groups in total. The van der Waals surface area contributed by atoms with E-state index in [0.717, 1.165) is 5.56 Å². The molecule has 1 aromatic rings. The number of halogens is 1. The third-order valence-corrected chi connectivity index (χ3v) is 3.75. The van der Waals surface area contributed by atoms with Crippen molar-refractivity contribution in [3.63, 3.8) is 0 Å². The van der Waals surface area contributed by atoms with Gasteiger partial charge >= 0.3 is 5.97 Å². The summed E-state index contributed by atoms with van der Waals surface area (Å²) in [6, 6.07) is 9.44. The van der Waals surface area contributed by atoms with Gasteiger partial charge in [0.2, 0.25) is 9.05 Å². The highest BCUT2D eigenvalue weighted by molar-refractivity contribution is 8.13. The van der Waals surface area contributed by atoms with E-state index in [-0.39, 0.29) is 18.3 Å². The van der Waals surface area contributed by atoms with Crippen molar-refractivity contribution in [2.24, 2.45) is 0 Å². The zero-order chi connectivity index (χ0) is 14.1. The minimum atomic E-state index is -3.42. The molecule has 0 aliphatic rings. The molecule has 0 radical (unpaired) electrons. The highest BCUT2D eigenvalue weighted by atomic mass is 35.7. The van der Waals surface area contributed by atoms with E-state index >= 15 is 0 Å². The lowest BCUT2D eigenvalue weighted by molar-refractivity contribution is -0.145. The molecule has 0 unspecified atom stereocenters. The summed E-state index contributed by atoms with van der Waals surface area (Å²) in [6.07, 6.45) is 2.03. The summed E-state index contributed by atoms with van der Waals surface area (Å²) >= 11 is 0. The fourth-order valence-electron chi connectivity index (χ4n) is 1.53. The van der Waals surface area contributed by atoms with E-state index in [1.54, 1.807) is 0 Å². The molecule has 0 atom stereocenters. The lowest BCUT2D eigenvalue weighted by Gasteiger charge is -2.04. The lowest BCUT2D eigenvalue weighted by atomic mass is 10.2. The molecule has 0 spiro atoms. The molecule has 0 bridgehead atoms. The maximum Gasteiger partial charge on any atom is 0.306 e. The van der Waals surface area contributed by atoms with Crippen molar-refractivity contribution in [3.8, 4) is 0 Å². The Balaban J connectivity index is 2.09. The Bertz CT molecular complexity index is 485. The van der Waals surface area contributed by atoms with Crippen molar-refractivity contribution < 1.29 is 17.9 Å². The molecule has 0 saturated heterocycles. The van der Waals surface area contributed by atoms with Crippen molar-refractivity contribution >= 4 is 25.7 Å². The van der Waals surface area contributed by atoms with Crippen molar-refractivity contribution in [1.82, 2.24) is 0 Å². The first-order valence-electron chi connectivity index (χ1n) is 6.09. The van der Waals surface area contributed by atoms with E-state index in [1.807, 2.05) is 30.3 Å². The lowest BCUT2D eigenvalue weighted by Crippen LogP contribution is -2.04. The van der Waals surface area contributed by atoms with Crippen molar-refractivity contribution in [3.05, 3.63) is 35.9 Å². The molecular formula is C13H17ClO4S. The van der Waals surface area contributed by atoms with Crippen LogP contribution in [0.5, 0.6) is 0 Å². The Morgan fingerprint density at radius 2 is 1.79 bits per heavy atom. The van der Waals surface area contributed by atoms with Crippen LogP contribution in [0.4, 0.5) is 0 Å². The first-order valence-corrected chi connectivity index (χ1v) is 8.57. The average molecular weight is 305 g/mol. The third-order valence-electron chi connectivity index (χ3n) is 2.51. The fourth-order valence-corrected chi connectivity index (χ4v) is 2.41. The second-order valence-corrected chi connectivity index (χ2v) is 7.10. The summed E-state index contributed by atoms with van der Waals surface area (Å²) in [7, 11) is 1.66. The van der Waals surface area contributed by atoms with Crippen LogP contribution in [0, 0.1) is 0 Å². The van der Waals surface area contributed by atoms with E-state index < -0.39 is 9.05 Å². The summed E-state index contributed by atoms with van der Waals surface area (Å²) in [6.45, 7) is 0.274. The zero-order valence-electron chi connectivity index (χ0n) is 10.5. The van der Waals surface area contributed by atoms with Gasteiger partial charge in [-0.15, -0.1) is 0 Å². The standard InChI is InChI=1S/C13H17ClO4S/c14-19(16,17)10-6-2-5-9-13(15)18-11-12-7-3-1-4-8-12/h1,3-4,7-8H,2,5-6,9-11H2. The molecule has 0 fully saturated rings. The number of benzene rings is 1. The summed E-state index contributed by atoms with van der Waals surface area (Å²) in [5, 5.41) is 0. The van der Waals surface area contributed by atoms with E-state index in [1.165, 1.54) is 0 Å². The molecule has 19 heavy (non-hydrogen) atoms. The molecular weight excluding hydrogens is 288 g/mol. The monoisotopic (exact) mass is 304 g/mol. The molecule has 1 aromatic carbocycles. The van der Waals surface area contributed by atoms with Crippen LogP contribution < -0.4 is 0 Å². The highest BCUT2D eigenvalue weighted by Crippen LogP contribution is 2.07. The van der Waals surface area contributed by atoms with Gasteiger partial charge in [0.05, 0.1) is 5.75 Å². The van der Waals surface area contributed by atoms with Gasteiger partial charge in [0.1, 0.15) is 6.61 Å². The van der Waals surface area contributed by atoms with Gasteiger partial charge in [0, 0.05) is 17.1 Å². The molecule has 1 rings (SSSR count). The maximum absolute atomic E-state index is 11.4. The number of carbonyl (C=O) groups excluding carboxylic acids is 1. The number of ether oxygens (including phenoxy) is 1. The Kier molecular flexibility index (Phi) is 6.87. The van der Waals surface area contributed by atoms with Crippen molar-refractivity contribution in [1.29, 1.82) is 0 Å². The quantitative estimate of drug-likeness (QED) is 0.421. The van der Waals surface area contributed by atoms with Crippen LogP contribution in [0.25, 0.3) is 0 Å². The van der Waals surface area contributed by atoms with Gasteiger partial charge in [-0.1, -0.05) is 36.8 Å². The average Bonchev–Trinajstić information content (AvgIpc) is 2.36. The molecule has 0 amide bonds. The molecule has 0 saturated carbocycles. The second-order valence-electron chi connectivity index (χ2n) is 4.20. The molecule has 0 heterocycles. The van der Waals surface area contributed by atoms with Crippen LogP contribution in [-0.2, 0) is 25.2 Å². The normalized spacial score (nSPS) is 11.2. The van der Waals surface area contributed by atoms with Crippen LogP contribution in [0.2, 0.25) is 0 Å². The van der Waals surface area contributed by atoms with Gasteiger partial charge in [-0.05, 0) is 18.4 Å². The van der Waals surface area contributed by atoms with Crippen LogP contribution in [-0.4, -0.2) is 20.1 Å². The minimum absolute atomic E-state index is 0.0480. The van der Waals surface area contributed by atoms with Gasteiger partial charge < -0.3 is 4.74 Å². The smallest absolute Gasteiger partial charge is 0.306 e. The third kappa shape index (κ3) is 8.61. The zero-order valence-corrected chi connectivity index (χ0v) is 12.1. The van der Waals surface area contributed by atoms with E-state index in [0.29, 0.717) is 25.7 Å². The number of esters is 1. The summed E-state index contributed by atoms with van der Waals surface area (Å²) < 4.78 is 26.4. The molecule has 6 heteroatoms. The summed E-state index contributed by atoms with van der Waals surface area (Å²) in [4.78, 5) is 11.4. The number of rotatable bonds is 8. The van der Waals surface area contributed by atoms with E-state index in [2.05, 4.69) is 0 Å². The molecule has 106 valence electrons. The van der Waals surface area contributed by atoms with Crippen LogP contribution >= 0.6 is 10.7 Å². The van der Waals surface area contributed by atoms with Gasteiger partial charge in [-0.3, -0.25) is 4.79 Å². The first kappa shape index (κ1) is 16.0. The topological polar surface area (TPSA) is 60.4 Å². The number of unbranched alkanes of at least 4 members (excludes halogenated alkanes) is 2. The highest BCUT2D eigenvalue weighted by Gasteiger charge is 2.06. The van der Waals surface area contributed by atoms with E-state index in [4.69, 9.17) is 15.4 Å². The Labute approximate surface area is 118 Å². The number of carbonyl (C=O) groups is 1. The number of hydrogen-bond donors (Lipinski definition) is 0. The summed E-state index contributed by atoms with van der Waals surface area (Å²) in [5.41, 5.74) is 0.948. The Morgan fingerprint density at radius 1 is 1.11 bits per heavy atom. The van der Waals surface area contributed by atoms with Crippen molar-refractivity contribution in [2.45, 2.75) is 32.3 Å². The van der Waals surface area contributed by atoms with Crippen LogP contribution in [0.3, 0.4) is 0 Å². The Hall–Kier alpha value is -1.07. The number of hydrogen-bond acceptors (Lipinski definition) is 4. The first-order chi connectivity index (χ1) is 8.97. The van der Waals surface area contributed by atoms with Crippen LogP contribution in [0.15, 0.2) is 30.3 Å². The predicted molar refractivity (Wildman–Crippen MR) is 74.3 cm³/mol. The SMILES string of the molecule is O=C(CCCCCS(=O)(=O)Cl)OCc1ccccc1.